The molecule has 0 aliphatic carbocycles. The standard InChI is InChI=1S/C13H28N2O5S/c1-12(14-20-13(2,3)4)11-18-9-7-15(5)8-10-19-21(6,16)17/h11,14H,7-10H2,1-6H3. The molecule has 0 atom stereocenters. The quantitative estimate of drug-likeness (QED) is 0.279. The van der Waals surface area contributed by atoms with Crippen LogP contribution in [0.1, 0.15) is 27.7 Å². The van der Waals surface area contributed by atoms with Crippen LogP contribution in [0.25, 0.3) is 0 Å². The van der Waals surface area contributed by atoms with Gasteiger partial charge in [0.15, 0.2) is 0 Å². The molecule has 126 valence electrons. The lowest BCUT2D eigenvalue weighted by molar-refractivity contribution is -0.0589. The lowest BCUT2D eigenvalue weighted by atomic mass is 10.2. The Kier molecular flexibility index (Phi) is 8.88. The van der Waals surface area contributed by atoms with E-state index in [2.05, 4.69) is 9.66 Å². The normalized spacial score (nSPS) is 13.6. The van der Waals surface area contributed by atoms with Crippen LogP contribution in [0.2, 0.25) is 0 Å². The molecule has 0 heterocycles. The number of ether oxygens (including phenoxy) is 1. The van der Waals surface area contributed by atoms with Gasteiger partial charge in [0, 0.05) is 13.1 Å². The van der Waals surface area contributed by atoms with Crippen LogP contribution in [0.3, 0.4) is 0 Å². The molecule has 0 radical (unpaired) electrons. The summed E-state index contributed by atoms with van der Waals surface area (Å²) in [4.78, 5) is 7.30. The van der Waals surface area contributed by atoms with Crippen molar-refractivity contribution in [3.05, 3.63) is 12.0 Å². The second-order valence-corrected chi connectivity index (χ2v) is 7.46. The highest BCUT2D eigenvalue weighted by atomic mass is 32.2. The van der Waals surface area contributed by atoms with E-state index in [0.29, 0.717) is 19.7 Å². The van der Waals surface area contributed by atoms with Crippen LogP contribution in [0.5, 0.6) is 0 Å². The van der Waals surface area contributed by atoms with Crippen LogP contribution in [0.4, 0.5) is 0 Å². The number of likely N-dealkylation sites (N-methyl/N-ethyl adjacent to an activating group) is 1. The highest BCUT2D eigenvalue weighted by molar-refractivity contribution is 7.85. The minimum Gasteiger partial charge on any atom is -0.498 e. The molecule has 7 nitrogen and oxygen atoms in total. The molecule has 0 aromatic carbocycles. The van der Waals surface area contributed by atoms with Crippen LogP contribution in [0, 0.1) is 0 Å². The first kappa shape index (κ1) is 20.2. The number of nitrogens with one attached hydrogen (secondary N) is 1. The Balaban J connectivity index is 3.73. The van der Waals surface area contributed by atoms with E-state index >= 15 is 0 Å². The van der Waals surface area contributed by atoms with Gasteiger partial charge in [0.2, 0.25) is 0 Å². The molecule has 21 heavy (non-hydrogen) atoms. The molecule has 0 amide bonds. The van der Waals surface area contributed by atoms with Crippen LogP contribution >= 0.6 is 0 Å². The Bertz CT molecular complexity index is 415. The van der Waals surface area contributed by atoms with E-state index < -0.39 is 10.1 Å². The molecule has 0 saturated heterocycles. The second kappa shape index (κ2) is 9.24. The smallest absolute Gasteiger partial charge is 0.264 e. The summed E-state index contributed by atoms with van der Waals surface area (Å²) in [7, 11) is -1.50. The number of hydrogen-bond donors (Lipinski definition) is 1. The summed E-state index contributed by atoms with van der Waals surface area (Å²) in [6.07, 6.45) is 2.63. The van der Waals surface area contributed by atoms with Gasteiger partial charge in [-0.3, -0.25) is 14.5 Å². The first-order valence-electron chi connectivity index (χ1n) is 6.75. The second-order valence-electron chi connectivity index (χ2n) is 5.82. The van der Waals surface area contributed by atoms with Crippen molar-refractivity contribution in [3.8, 4) is 0 Å². The maximum Gasteiger partial charge on any atom is 0.264 e. The summed E-state index contributed by atoms with van der Waals surface area (Å²) in [5.41, 5.74) is 3.30. The van der Waals surface area contributed by atoms with E-state index in [1.54, 1.807) is 6.26 Å². The first-order chi connectivity index (χ1) is 9.49. The fourth-order valence-electron chi connectivity index (χ4n) is 1.11. The van der Waals surface area contributed by atoms with Gasteiger partial charge in [-0.2, -0.15) is 8.42 Å². The SMILES string of the molecule is CC(=COCCN(C)CCOS(C)(=O)=O)NOC(C)(C)C. The third kappa shape index (κ3) is 15.4. The molecule has 0 aromatic rings. The summed E-state index contributed by atoms with van der Waals surface area (Å²) in [6, 6.07) is 0. The maximum atomic E-state index is 10.8. The molecular weight excluding hydrogens is 296 g/mol. The summed E-state index contributed by atoms with van der Waals surface area (Å²) in [6.45, 7) is 9.50. The van der Waals surface area contributed by atoms with Crippen LogP contribution in [-0.2, 0) is 23.9 Å². The van der Waals surface area contributed by atoms with Crippen molar-refractivity contribution in [1.29, 1.82) is 0 Å². The van der Waals surface area contributed by atoms with E-state index in [9.17, 15) is 8.42 Å². The molecule has 0 fully saturated rings. The molecule has 0 aromatic heterocycles. The van der Waals surface area contributed by atoms with Crippen molar-refractivity contribution in [3.63, 3.8) is 0 Å². The van der Waals surface area contributed by atoms with Crippen LogP contribution in [0.15, 0.2) is 12.0 Å². The fraction of sp³-hybridized carbons (Fsp3) is 0.846. The number of nitrogens with zero attached hydrogens (tertiary/aromatic N) is 1. The monoisotopic (exact) mass is 324 g/mol. The third-order valence-electron chi connectivity index (χ3n) is 2.14. The average molecular weight is 324 g/mol. The first-order valence-corrected chi connectivity index (χ1v) is 8.56. The van der Waals surface area contributed by atoms with Gasteiger partial charge in [0.25, 0.3) is 10.1 Å². The van der Waals surface area contributed by atoms with Crippen molar-refractivity contribution in [2.45, 2.75) is 33.3 Å². The Morgan fingerprint density at radius 1 is 1.24 bits per heavy atom. The summed E-state index contributed by atoms with van der Waals surface area (Å²) in [5.74, 6) is 0. The molecule has 0 rings (SSSR count). The minimum atomic E-state index is -3.36. The molecule has 0 spiro atoms. The van der Waals surface area contributed by atoms with Gasteiger partial charge < -0.3 is 9.64 Å². The third-order valence-corrected chi connectivity index (χ3v) is 2.73. The van der Waals surface area contributed by atoms with Gasteiger partial charge in [0.05, 0.1) is 24.2 Å². The van der Waals surface area contributed by atoms with E-state index in [0.717, 1.165) is 12.0 Å². The topological polar surface area (TPSA) is 77.1 Å². The molecule has 0 saturated carbocycles. The lowest BCUT2D eigenvalue weighted by Gasteiger charge is -2.20. The molecule has 0 bridgehead atoms. The van der Waals surface area contributed by atoms with Crippen molar-refractivity contribution in [2.75, 3.05) is 39.6 Å². The minimum absolute atomic E-state index is 0.144. The van der Waals surface area contributed by atoms with Crippen molar-refractivity contribution in [1.82, 2.24) is 10.4 Å². The van der Waals surface area contributed by atoms with Crippen molar-refractivity contribution in [2.24, 2.45) is 0 Å². The number of hydroxylamine groups is 1. The van der Waals surface area contributed by atoms with Crippen molar-refractivity contribution >= 4 is 10.1 Å². The predicted molar refractivity (Wildman–Crippen MR) is 82.0 cm³/mol. The summed E-state index contributed by atoms with van der Waals surface area (Å²) >= 11 is 0. The number of allylic oxidation sites excluding steroid dienone is 1. The maximum absolute atomic E-state index is 10.8. The largest absolute Gasteiger partial charge is 0.498 e. The van der Waals surface area contributed by atoms with Gasteiger partial charge in [-0.05, 0) is 34.7 Å². The molecule has 0 aliphatic rings. The zero-order chi connectivity index (χ0) is 16.5. The van der Waals surface area contributed by atoms with Gasteiger partial charge in [0.1, 0.15) is 12.9 Å². The molecule has 1 N–H and O–H groups in total. The van der Waals surface area contributed by atoms with Crippen LogP contribution in [-0.4, -0.2) is 58.5 Å². The van der Waals surface area contributed by atoms with E-state index in [1.807, 2.05) is 39.6 Å². The molecule has 8 heteroatoms. The molecule has 0 unspecified atom stereocenters. The summed E-state index contributed by atoms with van der Waals surface area (Å²) < 4.78 is 31.6. The highest BCUT2D eigenvalue weighted by Crippen LogP contribution is 2.05. The summed E-state index contributed by atoms with van der Waals surface area (Å²) in [5, 5.41) is 0. The van der Waals surface area contributed by atoms with Gasteiger partial charge >= 0.3 is 0 Å². The Hall–Kier alpha value is -0.830. The zero-order valence-corrected chi connectivity index (χ0v) is 14.6. The number of rotatable bonds is 10. The fourth-order valence-corrected chi connectivity index (χ4v) is 1.48. The van der Waals surface area contributed by atoms with Crippen molar-refractivity contribution < 1.29 is 22.2 Å². The Morgan fingerprint density at radius 2 is 1.81 bits per heavy atom. The van der Waals surface area contributed by atoms with E-state index in [4.69, 9.17) is 9.57 Å². The van der Waals surface area contributed by atoms with Crippen LogP contribution < -0.4 is 5.48 Å². The highest BCUT2D eigenvalue weighted by Gasteiger charge is 2.10. The molecular formula is C13H28N2O5S. The Labute approximate surface area is 128 Å². The lowest BCUT2D eigenvalue weighted by Crippen LogP contribution is -2.28. The predicted octanol–water partition coefficient (Wildman–Crippen LogP) is 1.09. The van der Waals surface area contributed by atoms with E-state index in [-0.39, 0.29) is 12.2 Å². The molecule has 0 aliphatic heterocycles. The van der Waals surface area contributed by atoms with Gasteiger partial charge in [-0.25, -0.2) is 0 Å². The Morgan fingerprint density at radius 3 is 2.33 bits per heavy atom. The van der Waals surface area contributed by atoms with E-state index in [1.165, 1.54) is 0 Å². The number of hydrogen-bond acceptors (Lipinski definition) is 7. The van der Waals surface area contributed by atoms with Gasteiger partial charge in [-0.15, -0.1) is 0 Å². The van der Waals surface area contributed by atoms with Gasteiger partial charge in [-0.1, -0.05) is 0 Å². The zero-order valence-electron chi connectivity index (χ0n) is 13.8. The average Bonchev–Trinajstić information content (AvgIpc) is 2.29.